The summed E-state index contributed by atoms with van der Waals surface area (Å²) < 4.78 is 5.59. The highest BCUT2D eigenvalue weighted by Gasteiger charge is 2.15. The molecule has 0 spiro atoms. The van der Waals surface area contributed by atoms with E-state index in [1.807, 2.05) is 54.6 Å². The summed E-state index contributed by atoms with van der Waals surface area (Å²) in [6, 6.07) is 17.3. The molecule has 0 saturated heterocycles. The molecule has 5 heteroatoms. The third kappa shape index (κ3) is 6.30. The molecule has 0 aliphatic carbocycles. The molecule has 0 radical (unpaired) electrons. The highest BCUT2D eigenvalue weighted by atomic mass is 16.5. The maximum absolute atomic E-state index is 12.5. The van der Waals surface area contributed by atoms with E-state index in [4.69, 9.17) is 10.5 Å². The molecule has 0 bridgehead atoms. The van der Waals surface area contributed by atoms with E-state index in [0.29, 0.717) is 12.3 Å². The number of benzene rings is 2. The Morgan fingerprint density at radius 2 is 1.68 bits per heavy atom. The molecule has 0 aromatic heterocycles. The fourth-order valence-corrected chi connectivity index (χ4v) is 2.40. The minimum atomic E-state index is -0.429. The normalized spacial score (nSPS) is 10.3. The average molecular weight is 340 g/mol. The Morgan fingerprint density at radius 1 is 1.00 bits per heavy atom. The van der Waals surface area contributed by atoms with Crippen LogP contribution in [0, 0.1) is 0 Å². The van der Waals surface area contributed by atoms with Gasteiger partial charge in [0.05, 0.1) is 0 Å². The average Bonchev–Trinajstić information content (AvgIpc) is 2.64. The van der Waals surface area contributed by atoms with E-state index in [1.54, 1.807) is 4.90 Å². The SMILES string of the molecule is CCc1ccc(OCC(=O)N(CCC(N)=O)Cc2ccccc2)cc1. The molecule has 2 rings (SSSR count). The number of nitrogens with zero attached hydrogens (tertiary/aromatic N) is 1. The van der Waals surface area contributed by atoms with E-state index in [9.17, 15) is 9.59 Å². The number of amides is 2. The molecule has 0 aliphatic heterocycles. The van der Waals surface area contributed by atoms with Crippen LogP contribution in [-0.4, -0.2) is 29.9 Å². The lowest BCUT2D eigenvalue weighted by atomic mass is 10.2. The fraction of sp³-hybridized carbons (Fsp3) is 0.300. The van der Waals surface area contributed by atoms with Gasteiger partial charge in [0.2, 0.25) is 5.91 Å². The second kappa shape index (κ2) is 9.47. The largest absolute Gasteiger partial charge is 0.484 e. The lowest BCUT2D eigenvalue weighted by molar-refractivity contribution is -0.134. The first-order valence-electron chi connectivity index (χ1n) is 8.40. The number of rotatable bonds is 9. The summed E-state index contributed by atoms with van der Waals surface area (Å²) in [5.74, 6) is 0.0479. The van der Waals surface area contributed by atoms with Crippen LogP contribution in [0.2, 0.25) is 0 Å². The number of aryl methyl sites for hydroxylation is 1. The van der Waals surface area contributed by atoms with Gasteiger partial charge >= 0.3 is 0 Å². The molecule has 0 fully saturated rings. The van der Waals surface area contributed by atoms with E-state index in [2.05, 4.69) is 6.92 Å². The van der Waals surface area contributed by atoms with Gasteiger partial charge in [-0.15, -0.1) is 0 Å². The van der Waals surface area contributed by atoms with Crippen LogP contribution >= 0.6 is 0 Å². The van der Waals surface area contributed by atoms with Gasteiger partial charge in [0.1, 0.15) is 5.75 Å². The Labute approximate surface area is 148 Å². The van der Waals surface area contributed by atoms with Gasteiger partial charge in [0, 0.05) is 19.5 Å². The molecule has 2 aromatic rings. The van der Waals surface area contributed by atoms with Gasteiger partial charge in [0.15, 0.2) is 6.61 Å². The zero-order chi connectivity index (χ0) is 18.1. The maximum Gasteiger partial charge on any atom is 0.260 e. The van der Waals surface area contributed by atoms with Gasteiger partial charge in [-0.1, -0.05) is 49.4 Å². The third-order valence-electron chi connectivity index (χ3n) is 3.89. The monoisotopic (exact) mass is 340 g/mol. The summed E-state index contributed by atoms with van der Waals surface area (Å²) in [6.07, 6.45) is 1.08. The minimum Gasteiger partial charge on any atom is -0.484 e. The van der Waals surface area contributed by atoms with Crippen molar-refractivity contribution in [3.05, 3.63) is 65.7 Å². The van der Waals surface area contributed by atoms with E-state index in [0.717, 1.165) is 12.0 Å². The highest BCUT2D eigenvalue weighted by Crippen LogP contribution is 2.13. The molecular weight excluding hydrogens is 316 g/mol. The second-order valence-corrected chi connectivity index (χ2v) is 5.80. The van der Waals surface area contributed by atoms with Crippen molar-refractivity contribution in [3.8, 4) is 5.75 Å². The zero-order valence-corrected chi connectivity index (χ0v) is 14.5. The summed E-state index contributed by atoms with van der Waals surface area (Å²) in [4.78, 5) is 25.2. The quantitative estimate of drug-likeness (QED) is 0.762. The maximum atomic E-state index is 12.5. The summed E-state index contributed by atoms with van der Waals surface area (Å²) in [5, 5.41) is 0. The first-order chi connectivity index (χ1) is 12.1. The van der Waals surface area contributed by atoms with Crippen molar-refractivity contribution in [1.29, 1.82) is 0 Å². The van der Waals surface area contributed by atoms with Gasteiger partial charge in [-0.2, -0.15) is 0 Å². The molecule has 2 aromatic carbocycles. The van der Waals surface area contributed by atoms with Crippen LogP contribution in [0.15, 0.2) is 54.6 Å². The summed E-state index contributed by atoms with van der Waals surface area (Å²) >= 11 is 0. The van der Waals surface area contributed by atoms with Gasteiger partial charge in [-0.3, -0.25) is 9.59 Å². The minimum absolute atomic E-state index is 0.0724. The Balaban J connectivity index is 1.96. The predicted molar refractivity (Wildman–Crippen MR) is 97.0 cm³/mol. The van der Waals surface area contributed by atoms with Crippen molar-refractivity contribution >= 4 is 11.8 Å². The van der Waals surface area contributed by atoms with Crippen LogP contribution in [0.4, 0.5) is 0 Å². The third-order valence-corrected chi connectivity index (χ3v) is 3.89. The molecule has 0 atom stereocenters. The number of primary amides is 1. The molecule has 0 aliphatic rings. The van der Waals surface area contributed by atoms with Gasteiger partial charge in [-0.25, -0.2) is 0 Å². The van der Waals surface area contributed by atoms with Gasteiger partial charge in [-0.05, 0) is 29.7 Å². The zero-order valence-electron chi connectivity index (χ0n) is 14.5. The van der Waals surface area contributed by atoms with Crippen LogP contribution in [0.25, 0.3) is 0 Å². The van der Waals surface area contributed by atoms with Crippen molar-refractivity contribution < 1.29 is 14.3 Å². The van der Waals surface area contributed by atoms with Gasteiger partial charge in [0.25, 0.3) is 5.91 Å². The van der Waals surface area contributed by atoms with Crippen LogP contribution in [0.1, 0.15) is 24.5 Å². The first kappa shape index (κ1) is 18.5. The molecule has 5 nitrogen and oxygen atoms in total. The van der Waals surface area contributed by atoms with Crippen molar-refractivity contribution in [2.24, 2.45) is 5.73 Å². The number of nitrogens with two attached hydrogens (primary N) is 1. The summed E-state index contributed by atoms with van der Waals surface area (Å²) in [6.45, 7) is 2.71. The van der Waals surface area contributed by atoms with Gasteiger partial charge < -0.3 is 15.4 Å². The van der Waals surface area contributed by atoms with Crippen molar-refractivity contribution in [3.63, 3.8) is 0 Å². The number of ether oxygens (including phenoxy) is 1. The summed E-state index contributed by atoms with van der Waals surface area (Å²) in [5.41, 5.74) is 7.43. The molecule has 0 unspecified atom stereocenters. The van der Waals surface area contributed by atoms with Crippen LogP contribution < -0.4 is 10.5 Å². The Hall–Kier alpha value is -2.82. The highest BCUT2D eigenvalue weighted by molar-refractivity contribution is 5.79. The molecule has 2 N–H and O–H groups in total. The van der Waals surface area contributed by atoms with Crippen molar-refractivity contribution in [2.75, 3.05) is 13.2 Å². The number of hydrogen-bond acceptors (Lipinski definition) is 3. The second-order valence-electron chi connectivity index (χ2n) is 5.80. The lowest BCUT2D eigenvalue weighted by Gasteiger charge is -2.22. The topological polar surface area (TPSA) is 72.6 Å². The molecule has 0 heterocycles. The molecule has 2 amide bonds. The van der Waals surface area contributed by atoms with Crippen LogP contribution in [0.3, 0.4) is 0 Å². The molecule has 0 saturated carbocycles. The Bertz CT molecular complexity index is 684. The smallest absolute Gasteiger partial charge is 0.260 e. The Kier molecular flexibility index (Phi) is 7.01. The Morgan fingerprint density at radius 3 is 2.28 bits per heavy atom. The van der Waals surface area contributed by atoms with Crippen LogP contribution in [-0.2, 0) is 22.6 Å². The number of carbonyl (C=O) groups is 2. The number of hydrogen-bond donors (Lipinski definition) is 1. The van der Waals surface area contributed by atoms with Crippen molar-refractivity contribution in [1.82, 2.24) is 4.90 Å². The standard InChI is InChI=1S/C20H24N2O3/c1-2-16-8-10-18(11-9-16)25-15-20(24)22(13-12-19(21)23)14-17-6-4-3-5-7-17/h3-11H,2,12-15H2,1H3,(H2,21,23). The molecular formula is C20H24N2O3. The van der Waals surface area contributed by atoms with E-state index in [1.165, 1.54) is 5.56 Å². The fourth-order valence-electron chi connectivity index (χ4n) is 2.40. The van der Waals surface area contributed by atoms with E-state index < -0.39 is 5.91 Å². The molecule has 25 heavy (non-hydrogen) atoms. The van der Waals surface area contributed by atoms with Crippen molar-refractivity contribution in [2.45, 2.75) is 26.3 Å². The van der Waals surface area contributed by atoms with E-state index in [-0.39, 0.29) is 25.5 Å². The first-order valence-corrected chi connectivity index (χ1v) is 8.40. The summed E-state index contributed by atoms with van der Waals surface area (Å²) in [7, 11) is 0. The number of carbonyl (C=O) groups excluding carboxylic acids is 2. The van der Waals surface area contributed by atoms with E-state index >= 15 is 0 Å². The lowest BCUT2D eigenvalue weighted by Crippen LogP contribution is -2.36. The molecule has 132 valence electrons. The van der Waals surface area contributed by atoms with Crippen LogP contribution in [0.5, 0.6) is 5.75 Å². The predicted octanol–water partition coefficient (Wildman–Crippen LogP) is 2.53.